The Kier molecular flexibility index (Phi) is 8.18. The molecule has 2 amide bonds. The van der Waals surface area contributed by atoms with Crippen molar-refractivity contribution in [2.75, 3.05) is 54.1 Å². The van der Waals surface area contributed by atoms with Crippen molar-refractivity contribution in [3.63, 3.8) is 0 Å². The SMILES string of the molecule is C=CCc1ccc(OCC(=O)N2CCN(C(=O)c3cc(OC)cc(OC)c3)CC2)c(OC)c1. The van der Waals surface area contributed by atoms with E-state index in [0.717, 1.165) is 12.0 Å². The molecule has 0 spiro atoms. The summed E-state index contributed by atoms with van der Waals surface area (Å²) in [5.74, 6) is 1.93. The van der Waals surface area contributed by atoms with Gasteiger partial charge in [0.25, 0.3) is 11.8 Å². The molecule has 0 aliphatic carbocycles. The second-order valence-corrected chi connectivity index (χ2v) is 7.54. The fourth-order valence-corrected chi connectivity index (χ4v) is 3.63. The number of allylic oxidation sites excluding steroid dienone is 1. The fourth-order valence-electron chi connectivity index (χ4n) is 3.63. The molecule has 176 valence electrons. The average molecular weight is 455 g/mol. The van der Waals surface area contributed by atoms with Crippen LogP contribution in [0.4, 0.5) is 0 Å². The van der Waals surface area contributed by atoms with Crippen LogP contribution in [0.25, 0.3) is 0 Å². The molecule has 0 aromatic heterocycles. The van der Waals surface area contributed by atoms with Crippen LogP contribution >= 0.6 is 0 Å². The topological polar surface area (TPSA) is 77.5 Å². The maximum atomic E-state index is 12.9. The normalized spacial score (nSPS) is 13.3. The van der Waals surface area contributed by atoms with Crippen LogP contribution in [0.3, 0.4) is 0 Å². The highest BCUT2D eigenvalue weighted by Gasteiger charge is 2.26. The molecule has 2 aromatic carbocycles. The van der Waals surface area contributed by atoms with Crippen molar-refractivity contribution < 1.29 is 28.5 Å². The molecule has 0 bridgehead atoms. The highest BCUT2D eigenvalue weighted by atomic mass is 16.5. The first-order chi connectivity index (χ1) is 16.0. The van der Waals surface area contributed by atoms with Crippen LogP contribution in [0.2, 0.25) is 0 Å². The molecule has 8 nitrogen and oxygen atoms in total. The third kappa shape index (κ3) is 5.97. The van der Waals surface area contributed by atoms with E-state index in [1.165, 1.54) is 0 Å². The Morgan fingerprint density at radius 2 is 1.52 bits per heavy atom. The number of rotatable bonds is 9. The lowest BCUT2D eigenvalue weighted by Crippen LogP contribution is -2.51. The van der Waals surface area contributed by atoms with Gasteiger partial charge in [-0.3, -0.25) is 9.59 Å². The van der Waals surface area contributed by atoms with Gasteiger partial charge >= 0.3 is 0 Å². The Balaban J connectivity index is 1.55. The molecule has 0 saturated carbocycles. The highest BCUT2D eigenvalue weighted by Crippen LogP contribution is 2.28. The first-order valence-corrected chi connectivity index (χ1v) is 10.7. The van der Waals surface area contributed by atoms with Gasteiger partial charge in [-0.15, -0.1) is 6.58 Å². The number of carbonyl (C=O) groups is 2. The molecule has 0 radical (unpaired) electrons. The van der Waals surface area contributed by atoms with Crippen molar-refractivity contribution in [2.24, 2.45) is 0 Å². The first-order valence-electron chi connectivity index (χ1n) is 10.7. The van der Waals surface area contributed by atoms with Crippen LogP contribution in [0.15, 0.2) is 49.1 Å². The van der Waals surface area contributed by atoms with Gasteiger partial charge in [0, 0.05) is 37.8 Å². The number of hydrogen-bond acceptors (Lipinski definition) is 6. The van der Waals surface area contributed by atoms with E-state index in [-0.39, 0.29) is 18.4 Å². The Labute approximate surface area is 194 Å². The molecule has 0 atom stereocenters. The van der Waals surface area contributed by atoms with Crippen molar-refractivity contribution in [3.8, 4) is 23.0 Å². The molecule has 1 aliphatic heterocycles. The lowest BCUT2D eigenvalue weighted by molar-refractivity contribution is -0.134. The van der Waals surface area contributed by atoms with E-state index in [1.54, 1.807) is 55.4 Å². The van der Waals surface area contributed by atoms with Gasteiger partial charge in [0.05, 0.1) is 21.3 Å². The summed E-state index contributed by atoms with van der Waals surface area (Å²) in [6.45, 7) is 5.38. The summed E-state index contributed by atoms with van der Waals surface area (Å²) in [6.07, 6.45) is 2.54. The summed E-state index contributed by atoms with van der Waals surface area (Å²) < 4.78 is 21.6. The largest absolute Gasteiger partial charge is 0.497 e. The Hall–Kier alpha value is -3.68. The van der Waals surface area contributed by atoms with Gasteiger partial charge in [0.2, 0.25) is 0 Å². The summed E-state index contributed by atoms with van der Waals surface area (Å²) in [5.41, 5.74) is 1.54. The van der Waals surface area contributed by atoms with E-state index >= 15 is 0 Å². The number of methoxy groups -OCH3 is 3. The van der Waals surface area contributed by atoms with Gasteiger partial charge in [-0.05, 0) is 36.2 Å². The number of nitrogens with zero attached hydrogens (tertiary/aromatic N) is 2. The molecular formula is C25H30N2O6. The Bertz CT molecular complexity index is 976. The smallest absolute Gasteiger partial charge is 0.260 e. The molecule has 1 heterocycles. The molecule has 3 rings (SSSR count). The van der Waals surface area contributed by atoms with Crippen LogP contribution in [0.1, 0.15) is 15.9 Å². The second-order valence-electron chi connectivity index (χ2n) is 7.54. The number of ether oxygens (including phenoxy) is 4. The van der Waals surface area contributed by atoms with Gasteiger partial charge in [0.15, 0.2) is 18.1 Å². The number of carbonyl (C=O) groups excluding carboxylic acids is 2. The summed E-state index contributed by atoms with van der Waals surface area (Å²) in [5, 5.41) is 0. The molecule has 1 fully saturated rings. The molecule has 1 saturated heterocycles. The van der Waals surface area contributed by atoms with E-state index in [4.69, 9.17) is 18.9 Å². The molecule has 0 N–H and O–H groups in total. The summed E-state index contributed by atoms with van der Waals surface area (Å²) in [6, 6.07) is 10.7. The van der Waals surface area contributed by atoms with Gasteiger partial charge in [-0.25, -0.2) is 0 Å². The zero-order chi connectivity index (χ0) is 23.8. The molecule has 1 aliphatic rings. The third-order valence-corrected chi connectivity index (χ3v) is 5.48. The number of amides is 2. The van der Waals surface area contributed by atoms with E-state index in [2.05, 4.69) is 6.58 Å². The number of piperazine rings is 1. The summed E-state index contributed by atoms with van der Waals surface area (Å²) >= 11 is 0. The monoisotopic (exact) mass is 454 g/mol. The number of benzene rings is 2. The van der Waals surface area contributed by atoms with Crippen LogP contribution in [0.5, 0.6) is 23.0 Å². The minimum atomic E-state index is -0.137. The minimum Gasteiger partial charge on any atom is -0.497 e. The molecule has 8 heteroatoms. The van der Waals surface area contributed by atoms with Gasteiger partial charge in [-0.1, -0.05) is 12.1 Å². The van der Waals surface area contributed by atoms with Crippen molar-refractivity contribution in [2.45, 2.75) is 6.42 Å². The quantitative estimate of drug-likeness (QED) is 0.543. The van der Waals surface area contributed by atoms with Crippen LogP contribution < -0.4 is 18.9 Å². The van der Waals surface area contributed by atoms with Crippen molar-refractivity contribution in [1.29, 1.82) is 0 Å². The van der Waals surface area contributed by atoms with E-state index in [9.17, 15) is 9.59 Å². The maximum absolute atomic E-state index is 12.9. The zero-order valence-corrected chi connectivity index (χ0v) is 19.3. The van der Waals surface area contributed by atoms with Gasteiger partial charge < -0.3 is 28.7 Å². The predicted molar refractivity (Wildman–Crippen MR) is 124 cm³/mol. The zero-order valence-electron chi connectivity index (χ0n) is 19.3. The lowest BCUT2D eigenvalue weighted by Gasteiger charge is -2.34. The van der Waals surface area contributed by atoms with Crippen molar-refractivity contribution >= 4 is 11.8 Å². The van der Waals surface area contributed by atoms with Gasteiger partial charge in [0.1, 0.15) is 11.5 Å². The van der Waals surface area contributed by atoms with Crippen LogP contribution in [0, 0.1) is 0 Å². The lowest BCUT2D eigenvalue weighted by atomic mass is 10.1. The fraction of sp³-hybridized carbons (Fsp3) is 0.360. The van der Waals surface area contributed by atoms with Gasteiger partial charge in [-0.2, -0.15) is 0 Å². The summed E-state index contributed by atoms with van der Waals surface area (Å²) in [4.78, 5) is 29.0. The summed E-state index contributed by atoms with van der Waals surface area (Å²) in [7, 11) is 4.65. The maximum Gasteiger partial charge on any atom is 0.260 e. The predicted octanol–water partition coefficient (Wildman–Crippen LogP) is 2.80. The second kappa shape index (κ2) is 11.3. The molecule has 2 aromatic rings. The van der Waals surface area contributed by atoms with Crippen LogP contribution in [-0.2, 0) is 11.2 Å². The van der Waals surface area contributed by atoms with Crippen LogP contribution in [-0.4, -0.2) is 75.7 Å². The number of hydrogen-bond donors (Lipinski definition) is 0. The van der Waals surface area contributed by atoms with E-state index < -0.39 is 0 Å². The standard InChI is InChI=1S/C25H30N2O6/c1-5-6-18-7-8-22(23(13-18)32-4)33-17-24(28)26-9-11-27(12-10-26)25(29)19-14-20(30-2)16-21(15-19)31-3/h5,7-8,13-16H,1,6,9-12,17H2,2-4H3. The van der Waals surface area contributed by atoms with E-state index in [1.807, 2.05) is 18.2 Å². The molecule has 0 unspecified atom stereocenters. The molecular weight excluding hydrogens is 424 g/mol. The minimum absolute atomic E-state index is 0.0990. The highest BCUT2D eigenvalue weighted by molar-refractivity contribution is 5.95. The van der Waals surface area contributed by atoms with Crippen molar-refractivity contribution in [3.05, 3.63) is 60.2 Å². The first kappa shape index (κ1) is 24.0. The van der Waals surface area contributed by atoms with Crippen molar-refractivity contribution in [1.82, 2.24) is 9.80 Å². The third-order valence-electron chi connectivity index (χ3n) is 5.48. The Morgan fingerprint density at radius 3 is 2.09 bits per heavy atom. The van der Waals surface area contributed by atoms with E-state index in [0.29, 0.717) is 54.7 Å². The molecule has 33 heavy (non-hydrogen) atoms. The Morgan fingerprint density at radius 1 is 0.879 bits per heavy atom. The average Bonchev–Trinajstić information content (AvgIpc) is 2.87.